The van der Waals surface area contributed by atoms with E-state index < -0.39 is 11.7 Å². The van der Waals surface area contributed by atoms with Crippen molar-refractivity contribution in [1.29, 1.82) is 0 Å². The zero-order valence-corrected chi connectivity index (χ0v) is 15.6. The van der Waals surface area contributed by atoms with Crippen molar-refractivity contribution in [2.45, 2.75) is 12.2 Å². The highest BCUT2D eigenvalue weighted by molar-refractivity contribution is 7.10. The van der Waals surface area contributed by atoms with Crippen molar-refractivity contribution >= 4 is 36.2 Å². The largest absolute Gasteiger partial charge is 0.508 e. The summed E-state index contributed by atoms with van der Waals surface area (Å²) < 4.78 is 39.1. The number of rotatable bonds is 3. The van der Waals surface area contributed by atoms with Crippen LogP contribution in [-0.4, -0.2) is 36.2 Å². The molecular weight excluding hydrogens is 396 g/mol. The second-order valence-electron chi connectivity index (χ2n) is 5.48. The molecule has 1 fully saturated rings. The van der Waals surface area contributed by atoms with Crippen LogP contribution in [0.5, 0.6) is 5.75 Å². The molecule has 2 N–H and O–H groups in total. The summed E-state index contributed by atoms with van der Waals surface area (Å²) in [7, 11) is 0. The van der Waals surface area contributed by atoms with Crippen LogP contribution >= 0.6 is 36.2 Å². The molecule has 1 atom stereocenters. The Balaban J connectivity index is 0.00000156. The van der Waals surface area contributed by atoms with Crippen LogP contribution in [0.15, 0.2) is 35.7 Å². The lowest BCUT2D eigenvalue weighted by atomic mass is 9.99. The van der Waals surface area contributed by atoms with Gasteiger partial charge in [-0.2, -0.15) is 13.2 Å². The predicted octanol–water partition coefficient (Wildman–Crippen LogP) is 4.31. The van der Waals surface area contributed by atoms with E-state index in [1.807, 2.05) is 17.5 Å². The first-order valence-electron chi connectivity index (χ1n) is 7.35. The van der Waals surface area contributed by atoms with Crippen LogP contribution in [0, 0.1) is 0 Å². The number of nitrogens with zero attached hydrogens (tertiary/aromatic N) is 1. The molecule has 0 amide bonds. The van der Waals surface area contributed by atoms with Gasteiger partial charge in [0, 0.05) is 36.6 Å². The molecule has 1 aliphatic rings. The minimum atomic E-state index is -4.42. The maximum atomic E-state index is 13.0. The highest BCUT2D eigenvalue weighted by Crippen LogP contribution is 2.40. The molecule has 3 rings (SSSR count). The lowest BCUT2D eigenvalue weighted by Crippen LogP contribution is -2.45. The van der Waals surface area contributed by atoms with Gasteiger partial charge in [-0.15, -0.1) is 36.2 Å². The molecule has 140 valence electrons. The number of piperazine rings is 1. The van der Waals surface area contributed by atoms with Crippen molar-refractivity contribution in [1.82, 2.24) is 10.2 Å². The van der Waals surface area contributed by atoms with Gasteiger partial charge in [0.25, 0.3) is 0 Å². The van der Waals surface area contributed by atoms with Crippen LogP contribution in [0.25, 0.3) is 0 Å². The molecule has 1 aliphatic heterocycles. The van der Waals surface area contributed by atoms with E-state index in [-0.39, 0.29) is 36.6 Å². The normalized spacial score (nSPS) is 16.6. The minimum Gasteiger partial charge on any atom is -0.508 e. The summed E-state index contributed by atoms with van der Waals surface area (Å²) >= 11 is 1.49. The summed E-state index contributed by atoms with van der Waals surface area (Å²) in [5.41, 5.74) is -0.425. The van der Waals surface area contributed by atoms with E-state index in [2.05, 4.69) is 10.2 Å². The zero-order chi connectivity index (χ0) is 16.4. The van der Waals surface area contributed by atoms with E-state index >= 15 is 0 Å². The topological polar surface area (TPSA) is 35.5 Å². The molecule has 1 aromatic carbocycles. The van der Waals surface area contributed by atoms with Crippen molar-refractivity contribution < 1.29 is 18.3 Å². The summed E-state index contributed by atoms with van der Waals surface area (Å²) in [6.07, 6.45) is -4.42. The predicted molar refractivity (Wildman–Crippen MR) is 98.2 cm³/mol. The minimum absolute atomic E-state index is 0. The number of aromatic hydroxyl groups is 1. The Morgan fingerprint density at radius 1 is 1.12 bits per heavy atom. The lowest BCUT2D eigenvalue weighted by Gasteiger charge is -2.35. The first-order chi connectivity index (χ1) is 11.0. The molecule has 3 nitrogen and oxygen atoms in total. The average molecular weight is 415 g/mol. The van der Waals surface area contributed by atoms with Crippen LogP contribution in [-0.2, 0) is 6.18 Å². The van der Waals surface area contributed by atoms with Crippen molar-refractivity contribution in [2.75, 3.05) is 26.2 Å². The SMILES string of the molecule is Cl.Cl.Oc1ccc(C(F)(F)F)cc1[C@@H](c1cccs1)N1CCNCC1. The maximum Gasteiger partial charge on any atom is 0.416 e. The van der Waals surface area contributed by atoms with Crippen LogP contribution in [0.4, 0.5) is 13.2 Å². The smallest absolute Gasteiger partial charge is 0.416 e. The van der Waals surface area contributed by atoms with Gasteiger partial charge in [0.05, 0.1) is 11.6 Å². The van der Waals surface area contributed by atoms with Gasteiger partial charge in [-0.05, 0) is 29.6 Å². The molecule has 9 heteroatoms. The van der Waals surface area contributed by atoms with Crippen molar-refractivity contribution in [3.05, 3.63) is 51.7 Å². The fraction of sp³-hybridized carbons (Fsp3) is 0.375. The monoisotopic (exact) mass is 414 g/mol. The first-order valence-corrected chi connectivity index (χ1v) is 8.23. The second-order valence-corrected chi connectivity index (χ2v) is 6.45. The Labute approximate surface area is 160 Å². The summed E-state index contributed by atoms with van der Waals surface area (Å²) in [5.74, 6) is -0.102. The maximum absolute atomic E-state index is 13.0. The van der Waals surface area contributed by atoms with E-state index in [9.17, 15) is 18.3 Å². The van der Waals surface area contributed by atoms with Gasteiger partial charge in [0.15, 0.2) is 0 Å². The average Bonchev–Trinajstić information content (AvgIpc) is 3.03. The number of hydrogen-bond acceptors (Lipinski definition) is 4. The summed E-state index contributed by atoms with van der Waals surface area (Å²) in [6.45, 7) is 3.00. The van der Waals surface area contributed by atoms with E-state index in [4.69, 9.17) is 0 Å². The molecule has 0 bridgehead atoms. The van der Waals surface area contributed by atoms with E-state index in [1.165, 1.54) is 11.3 Å². The highest BCUT2D eigenvalue weighted by Gasteiger charge is 2.34. The molecule has 0 radical (unpaired) electrons. The highest BCUT2D eigenvalue weighted by atomic mass is 35.5. The quantitative estimate of drug-likeness (QED) is 0.785. The molecule has 0 saturated carbocycles. The first kappa shape index (κ1) is 22.1. The second kappa shape index (κ2) is 9.09. The lowest BCUT2D eigenvalue weighted by molar-refractivity contribution is -0.137. The third kappa shape index (κ3) is 5.01. The number of halogens is 5. The molecule has 1 saturated heterocycles. The van der Waals surface area contributed by atoms with Gasteiger partial charge in [0.1, 0.15) is 5.75 Å². The molecule has 2 aromatic rings. The molecule has 0 spiro atoms. The van der Waals surface area contributed by atoms with Gasteiger partial charge in [-0.3, -0.25) is 4.90 Å². The molecule has 0 unspecified atom stereocenters. The Bertz CT molecular complexity index is 662. The summed E-state index contributed by atoms with van der Waals surface area (Å²) in [6, 6.07) is 6.54. The molecule has 2 heterocycles. The number of phenols is 1. The molecule has 0 aliphatic carbocycles. The number of thiophene rings is 1. The fourth-order valence-corrected chi connectivity index (χ4v) is 3.74. The number of alkyl halides is 3. The zero-order valence-electron chi connectivity index (χ0n) is 13.1. The molecule has 1 aromatic heterocycles. The van der Waals surface area contributed by atoms with E-state index in [0.29, 0.717) is 5.56 Å². The van der Waals surface area contributed by atoms with Crippen molar-refractivity contribution in [3.8, 4) is 5.75 Å². The van der Waals surface area contributed by atoms with Crippen LogP contribution in [0.1, 0.15) is 22.0 Å². The van der Waals surface area contributed by atoms with Crippen LogP contribution in [0.3, 0.4) is 0 Å². The van der Waals surface area contributed by atoms with Crippen LogP contribution < -0.4 is 5.32 Å². The molecular formula is C16H19Cl2F3N2OS. The standard InChI is InChI=1S/C16H17F3N2OS.2ClH/c17-16(18,19)11-3-4-13(22)12(10-11)15(14-2-1-9-23-14)21-7-5-20-6-8-21;;/h1-4,9-10,15,20,22H,5-8H2;2*1H/t15-;;/m0../s1. The van der Waals surface area contributed by atoms with Crippen molar-refractivity contribution in [3.63, 3.8) is 0 Å². The fourth-order valence-electron chi connectivity index (χ4n) is 2.87. The van der Waals surface area contributed by atoms with Gasteiger partial charge < -0.3 is 10.4 Å². The number of benzene rings is 1. The van der Waals surface area contributed by atoms with Crippen molar-refractivity contribution in [2.24, 2.45) is 0 Å². The Hall–Kier alpha value is -0.990. The van der Waals surface area contributed by atoms with Gasteiger partial charge in [-0.1, -0.05) is 6.07 Å². The third-order valence-electron chi connectivity index (χ3n) is 3.98. The Kier molecular flexibility index (Phi) is 8.02. The van der Waals surface area contributed by atoms with Crippen LogP contribution in [0.2, 0.25) is 0 Å². The molecule has 25 heavy (non-hydrogen) atoms. The Morgan fingerprint density at radius 2 is 1.80 bits per heavy atom. The van der Waals surface area contributed by atoms with Gasteiger partial charge in [-0.25, -0.2) is 0 Å². The number of nitrogens with one attached hydrogen (secondary N) is 1. The third-order valence-corrected chi connectivity index (χ3v) is 4.90. The number of phenolic OH excluding ortho intramolecular Hbond substituents is 1. The number of hydrogen-bond donors (Lipinski definition) is 2. The Morgan fingerprint density at radius 3 is 2.36 bits per heavy atom. The van der Waals surface area contributed by atoms with E-state index in [0.717, 1.165) is 49.3 Å². The summed E-state index contributed by atoms with van der Waals surface area (Å²) in [5, 5.41) is 15.3. The van der Waals surface area contributed by atoms with Gasteiger partial charge >= 0.3 is 6.18 Å². The van der Waals surface area contributed by atoms with E-state index in [1.54, 1.807) is 0 Å². The summed E-state index contributed by atoms with van der Waals surface area (Å²) in [4.78, 5) is 3.04. The van der Waals surface area contributed by atoms with Gasteiger partial charge in [0.2, 0.25) is 0 Å².